The second kappa shape index (κ2) is 6.13. The smallest absolute Gasteiger partial charge is 0.356 e. The Kier molecular flexibility index (Phi) is 4.28. The van der Waals surface area contributed by atoms with Crippen molar-refractivity contribution in [3.8, 4) is 0 Å². The molecule has 2 rings (SSSR count). The van der Waals surface area contributed by atoms with Crippen LogP contribution in [0.3, 0.4) is 0 Å². The highest BCUT2D eigenvalue weighted by Crippen LogP contribution is 2.22. The minimum absolute atomic E-state index is 0.0743. The maximum absolute atomic E-state index is 11.7. The molecule has 2 heterocycles. The minimum Gasteiger partial charge on any atom is -0.476 e. The lowest BCUT2D eigenvalue weighted by Gasteiger charge is -2.03. The maximum atomic E-state index is 11.7. The van der Waals surface area contributed by atoms with Crippen molar-refractivity contribution in [3.63, 3.8) is 0 Å². The summed E-state index contributed by atoms with van der Waals surface area (Å²) >= 11 is 0.882. The van der Waals surface area contributed by atoms with Gasteiger partial charge in [0.1, 0.15) is 0 Å². The van der Waals surface area contributed by atoms with Crippen LogP contribution in [-0.2, 0) is 6.54 Å². The van der Waals surface area contributed by atoms with Crippen molar-refractivity contribution >= 4 is 28.2 Å². The lowest BCUT2D eigenvalue weighted by Crippen LogP contribution is -2.26. The molecule has 10 heteroatoms. The quantitative estimate of drug-likeness (QED) is 0.604. The number of carboxylic acids is 1. The van der Waals surface area contributed by atoms with Gasteiger partial charge < -0.3 is 15.0 Å². The molecule has 0 atom stereocenters. The molecular formula is C11H10N4O5S. The normalized spacial score (nSPS) is 10.3. The Labute approximate surface area is 122 Å². The molecule has 2 N–H and O–H groups in total. The monoisotopic (exact) mass is 310 g/mol. The summed E-state index contributed by atoms with van der Waals surface area (Å²) in [5.41, 5.74) is 0.151. The van der Waals surface area contributed by atoms with E-state index in [2.05, 4.69) is 10.3 Å². The fourth-order valence-corrected chi connectivity index (χ4v) is 2.24. The Morgan fingerprint density at radius 2 is 2.29 bits per heavy atom. The first-order chi connectivity index (χ1) is 9.97. The number of aromatic nitrogens is 2. The molecule has 0 unspecified atom stereocenters. The third-order valence-corrected chi connectivity index (χ3v) is 3.42. The van der Waals surface area contributed by atoms with Gasteiger partial charge in [0.25, 0.3) is 5.91 Å². The number of hydrogen-bond acceptors (Lipinski definition) is 6. The molecular weight excluding hydrogens is 300 g/mol. The summed E-state index contributed by atoms with van der Waals surface area (Å²) < 4.78 is 1.53. The minimum atomic E-state index is -1.12. The van der Waals surface area contributed by atoms with E-state index in [1.165, 1.54) is 28.5 Å². The zero-order valence-electron chi connectivity index (χ0n) is 10.6. The molecule has 0 aliphatic rings. The number of carbonyl (C=O) groups excluding carboxylic acids is 1. The number of thiophene rings is 1. The third-order valence-electron chi connectivity index (χ3n) is 2.54. The van der Waals surface area contributed by atoms with Crippen LogP contribution >= 0.6 is 11.3 Å². The molecule has 110 valence electrons. The summed E-state index contributed by atoms with van der Waals surface area (Å²) in [5, 5.41) is 23.1. The van der Waals surface area contributed by atoms with E-state index >= 15 is 0 Å². The molecule has 9 nitrogen and oxygen atoms in total. The molecule has 0 bridgehead atoms. The first-order valence-electron chi connectivity index (χ1n) is 5.73. The van der Waals surface area contributed by atoms with Crippen LogP contribution in [0.5, 0.6) is 0 Å². The fourth-order valence-electron chi connectivity index (χ4n) is 1.53. The summed E-state index contributed by atoms with van der Waals surface area (Å²) in [7, 11) is 0. The van der Waals surface area contributed by atoms with Crippen molar-refractivity contribution in [2.24, 2.45) is 0 Å². The van der Waals surface area contributed by atoms with Crippen LogP contribution in [-0.4, -0.2) is 38.0 Å². The van der Waals surface area contributed by atoms with Gasteiger partial charge in [0.2, 0.25) is 0 Å². The van der Waals surface area contributed by atoms with Gasteiger partial charge in [-0.3, -0.25) is 14.9 Å². The summed E-state index contributed by atoms with van der Waals surface area (Å²) in [6.07, 6.45) is 2.70. The fraction of sp³-hybridized carbons (Fsp3) is 0.182. The Balaban J connectivity index is 1.85. The van der Waals surface area contributed by atoms with E-state index in [1.807, 2.05) is 0 Å². The van der Waals surface area contributed by atoms with Crippen molar-refractivity contribution in [2.75, 3.05) is 6.54 Å². The molecule has 2 aromatic heterocycles. The molecule has 0 saturated carbocycles. The average molecular weight is 310 g/mol. The first kappa shape index (κ1) is 14.7. The zero-order valence-corrected chi connectivity index (χ0v) is 11.4. The van der Waals surface area contributed by atoms with Crippen LogP contribution in [0, 0.1) is 10.1 Å². The molecule has 2 aromatic rings. The topological polar surface area (TPSA) is 127 Å². The number of carbonyl (C=O) groups is 2. The van der Waals surface area contributed by atoms with E-state index in [0.717, 1.165) is 11.3 Å². The highest BCUT2D eigenvalue weighted by atomic mass is 32.1. The van der Waals surface area contributed by atoms with Crippen LogP contribution in [0.2, 0.25) is 0 Å². The third kappa shape index (κ3) is 3.63. The van der Waals surface area contributed by atoms with E-state index in [0.29, 0.717) is 6.54 Å². The highest BCUT2D eigenvalue weighted by molar-refractivity contribution is 7.13. The van der Waals surface area contributed by atoms with Gasteiger partial charge in [-0.05, 0) is 0 Å². The predicted octanol–water partition coefficient (Wildman–Crippen LogP) is 0.981. The van der Waals surface area contributed by atoms with E-state index in [-0.39, 0.29) is 22.8 Å². The van der Waals surface area contributed by atoms with Crippen LogP contribution in [0.1, 0.15) is 20.8 Å². The first-order valence-corrected chi connectivity index (χ1v) is 6.61. The average Bonchev–Trinajstić information content (AvgIpc) is 3.07. The van der Waals surface area contributed by atoms with Crippen molar-refractivity contribution in [1.29, 1.82) is 0 Å². The molecule has 0 aromatic carbocycles. The van der Waals surface area contributed by atoms with Gasteiger partial charge in [-0.1, -0.05) is 11.3 Å². The molecule has 21 heavy (non-hydrogen) atoms. The molecule has 0 saturated heterocycles. The molecule has 1 amide bonds. The number of imidazole rings is 1. The summed E-state index contributed by atoms with van der Waals surface area (Å²) in [5.74, 6) is -1.54. The Morgan fingerprint density at radius 3 is 2.86 bits per heavy atom. The Hall–Kier alpha value is -2.75. The van der Waals surface area contributed by atoms with Crippen molar-refractivity contribution < 1.29 is 19.6 Å². The number of hydrogen-bond donors (Lipinski definition) is 2. The predicted molar refractivity (Wildman–Crippen MR) is 72.5 cm³/mol. The van der Waals surface area contributed by atoms with Crippen molar-refractivity contribution in [2.45, 2.75) is 6.54 Å². The number of nitrogens with one attached hydrogen (secondary N) is 1. The van der Waals surface area contributed by atoms with Gasteiger partial charge in [-0.25, -0.2) is 9.78 Å². The van der Waals surface area contributed by atoms with Crippen molar-refractivity contribution in [1.82, 2.24) is 14.9 Å². The van der Waals surface area contributed by atoms with Gasteiger partial charge in [0.15, 0.2) is 5.69 Å². The molecule has 0 aliphatic carbocycles. The molecule has 0 fully saturated rings. The number of nitro groups is 1. The molecule has 0 aliphatic heterocycles. The van der Waals surface area contributed by atoms with E-state index < -0.39 is 16.8 Å². The van der Waals surface area contributed by atoms with Gasteiger partial charge in [-0.15, -0.1) is 0 Å². The zero-order chi connectivity index (χ0) is 15.4. The maximum Gasteiger partial charge on any atom is 0.356 e. The van der Waals surface area contributed by atoms with E-state index in [9.17, 15) is 19.7 Å². The number of carboxylic acid groups (broad SMARTS) is 1. The van der Waals surface area contributed by atoms with Gasteiger partial charge in [-0.2, -0.15) is 0 Å². The second-order valence-electron chi connectivity index (χ2n) is 3.99. The van der Waals surface area contributed by atoms with Crippen LogP contribution in [0.25, 0.3) is 0 Å². The van der Waals surface area contributed by atoms with Crippen LogP contribution in [0.4, 0.5) is 5.00 Å². The lowest BCUT2D eigenvalue weighted by atomic mass is 10.3. The SMILES string of the molecule is O=C(NCCn1cnc(C(=O)O)c1)c1csc([N+](=O)[O-])c1. The molecule has 0 radical (unpaired) electrons. The van der Waals surface area contributed by atoms with Gasteiger partial charge >= 0.3 is 11.0 Å². The van der Waals surface area contributed by atoms with Gasteiger partial charge in [0, 0.05) is 30.7 Å². The van der Waals surface area contributed by atoms with Crippen LogP contribution < -0.4 is 5.32 Å². The van der Waals surface area contributed by atoms with E-state index in [4.69, 9.17) is 5.11 Å². The number of aromatic carboxylic acids is 1. The number of rotatable bonds is 6. The summed E-state index contributed by atoms with van der Waals surface area (Å²) in [6, 6.07) is 1.21. The summed E-state index contributed by atoms with van der Waals surface area (Å²) in [6.45, 7) is 0.593. The largest absolute Gasteiger partial charge is 0.476 e. The van der Waals surface area contributed by atoms with Crippen molar-refractivity contribution in [3.05, 3.63) is 45.3 Å². The lowest BCUT2D eigenvalue weighted by molar-refractivity contribution is -0.380. The second-order valence-corrected chi connectivity index (χ2v) is 4.88. The number of nitrogens with zero attached hydrogens (tertiary/aromatic N) is 3. The van der Waals surface area contributed by atoms with E-state index in [1.54, 1.807) is 0 Å². The van der Waals surface area contributed by atoms with Gasteiger partial charge in [0.05, 0.1) is 16.8 Å². The molecule has 0 spiro atoms. The number of amides is 1. The summed E-state index contributed by atoms with van der Waals surface area (Å²) in [4.78, 5) is 36.0. The Morgan fingerprint density at radius 1 is 1.52 bits per heavy atom. The highest BCUT2D eigenvalue weighted by Gasteiger charge is 2.14. The Bertz CT molecular complexity index is 692. The van der Waals surface area contributed by atoms with Crippen LogP contribution in [0.15, 0.2) is 24.0 Å². The standard InChI is InChI=1S/C11H10N4O5S/c16-10(7-3-9(15(19)20)21-5-7)12-1-2-14-4-8(11(17)18)13-6-14/h3-6H,1-2H2,(H,12,16)(H,17,18).